The number of piperidine rings is 1. The van der Waals surface area contributed by atoms with Gasteiger partial charge in [0, 0.05) is 55.4 Å². The van der Waals surface area contributed by atoms with Crippen LogP contribution in [0, 0.1) is 0 Å². The number of hydrogen-bond donors (Lipinski definition) is 4. The largest absolute Gasteiger partial charge is 0.378 e. The molecule has 2 atom stereocenters. The molecular weight excluding hydrogens is 549 g/mol. The van der Waals surface area contributed by atoms with Crippen molar-refractivity contribution in [2.24, 2.45) is 10.7 Å². The van der Waals surface area contributed by atoms with E-state index in [1.54, 1.807) is 11.8 Å². The van der Waals surface area contributed by atoms with Crippen LogP contribution >= 0.6 is 37.5 Å². The number of hydroxylamine groups is 1. The van der Waals surface area contributed by atoms with E-state index in [0.717, 1.165) is 54.2 Å². The molecule has 5 rings (SSSR count). The van der Waals surface area contributed by atoms with Gasteiger partial charge in [-0.2, -0.15) is 19.0 Å². The number of nitrogens with zero attached hydrogens (tertiary/aromatic N) is 4. The predicted molar refractivity (Wildman–Crippen MR) is 169 cm³/mol. The highest BCUT2D eigenvalue weighted by atomic mass is 32.2. The van der Waals surface area contributed by atoms with E-state index < -0.39 is 0 Å². The molecule has 1 saturated heterocycles. The normalized spacial score (nSPS) is 22.4. The van der Waals surface area contributed by atoms with Gasteiger partial charge in [0.05, 0.1) is 10.9 Å². The summed E-state index contributed by atoms with van der Waals surface area (Å²) in [6, 6.07) is 0.345. The number of fused-ring (bicyclic) bond motifs is 1. The zero-order chi connectivity index (χ0) is 26.2. The van der Waals surface area contributed by atoms with Gasteiger partial charge >= 0.3 is 0 Å². The number of amidine groups is 1. The Morgan fingerprint density at radius 2 is 2.05 bits per heavy atom. The number of allylic oxidation sites excluding steroid dienone is 8. The fraction of sp³-hybridized carbons (Fsp3) is 0.296. The Labute approximate surface area is 245 Å². The maximum atomic E-state index is 5.90. The highest BCUT2D eigenvalue weighted by Crippen LogP contribution is 2.27. The third kappa shape index (κ3) is 8.88. The maximum Gasteiger partial charge on any atom is 0.226 e. The first kappa shape index (κ1) is 29.2. The average Bonchev–Trinajstić information content (AvgIpc) is 3.24. The summed E-state index contributed by atoms with van der Waals surface area (Å²) in [5, 5.41) is 7.49. The van der Waals surface area contributed by atoms with Crippen LogP contribution < -0.4 is 21.8 Å². The van der Waals surface area contributed by atoms with Crippen LogP contribution in [0.5, 0.6) is 0 Å². The molecular formula is C27H34N8OS3. The van der Waals surface area contributed by atoms with Crippen molar-refractivity contribution in [3.05, 3.63) is 95.3 Å². The van der Waals surface area contributed by atoms with Crippen LogP contribution in [0.3, 0.4) is 0 Å². The summed E-state index contributed by atoms with van der Waals surface area (Å²) in [7, 11) is 1.98. The fourth-order valence-electron chi connectivity index (χ4n) is 4.13. The van der Waals surface area contributed by atoms with Crippen molar-refractivity contribution in [1.29, 1.82) is 0 Å². The smallest absolute Gasteiger partial charge is 0.226 e. The molecule has 4 aliphatic rings. The van der Waals surface area contributed by atoms with E-state index in [0.29, 0.717) is 17.2 Å². The standard InChI is InChI=1S/C27H32N8OS2.H2S/c1-35(38-36-34-23-5-3-13-29-18-23)24-6-2-4-21(11-12-24)33-27-30-16-20(17-31-27)8-7-19-9-10-22-15-25(14-19)37-26(28)32-22;/h2,6-12,14-17,23,25,29,34H,3-5,13,18H2,1H3,(H2,28,32)(H,30,31,33);1H2/b8-7+;. The lowest BCUT2D eigenvalue weighted by Gasteiger charge is -2.24. The average molecular weight is 583 g/mol. The molecule has 206 valence electrons. The van der Waals surface area contributed by atoms with E-state index in [-0.39, 0.29) is 18.7 Å². The molecule has 5 N–H and O–H groups in total. The number of hydrogen-bond acceptors (Lipinski definition) is 11. The van der Waals surface area contributed by atoms with Gasteiger partial charge in [0.2, 0.25) is 5.95 Å². The van der Waals surface area contributed by atoms with Crippen LogP contribution in [-0.4, -0.2) is 50.9 Å². The molecule has 9 nitrogen and oxygen atoms in total. The predicted octanol–water partition coefficient (Wildman–Crippen LogP) is 4.32. The van der Waals surface area contributed by atoms with E-state index in [4.69, 9.17) is 10.0 Å². The highest BCUT2D eigenvalue weighted by Gasteiger charge is 2.15. The van der Waals surface area contributed by atoms with Gasteiger partial charge in [-0.25, -0.2) is 19.2 Å². The molecule has 0 radical (unpaired) electrons. The number of nitrogens with one attached hydrogen (secondary N) is 3. The van der Waals surface area contributed by atoms with Crippen LogP contribution in [-0.2, 0) is 4.28 Å². The van der Waals surface area contributed by atoms with Gasteiger partial charge in [-0.05, 0) is 55.3 Å². The van der Waals surface area contributed by atoms with Crippen molar-refractivity contribution in [1.82, 2.24) is 25.1 Å². The Morgan fingerprint density at radius 1 is 1.18 bits per heavy atom. The van der Waals surface area contributed by atoms with Crippen LogP contribution in [0.1, 0.15) is 24.8 Å². The van der Waals surface area contributed by atoms with E-state index >= 15 is 0 Å². The lowest BCUT2D eigenvalue weighted by molar-refractivity contribution is 0.163. The van der Waals surface area contributed by atoms with Gasteiger partial charge in [0.25, 0.3) is 0 Å². The first-order chi connectivity index (χ1) is 18.6. The first-order valence-corrected chi connectivity index (χ1v) is 14.2. The van der Waals surface area contributed by atoms with Crippen molar-refractivity contribution < 1.29 is 4.28 Å². The molecule has 1 fully saturated rings. The summed E-state index contributed by atoms with van der Waals surface area (Å²) >= 11 is 2.83. The Hall–Kier alpha value is -2.74. The number of nitrogens with two attached hydrogens (primary N) is 1. The van der Waals surface area contributed by atoms with Gasteiger partial charge in [-0.1, -0.05) is 42.1 Å². The topological polar surface area (TPSA) is 113 Å². The second-order valence-electron chi connectivity index (χ2n) is 9.13. The van der Waals surface area contributed by atoms with Crippen molar-refractivity contribution in [3.8, 4) is 0 Å². The summed E-state index contributed by atoms with van der Waals surface area (Å²) < 4.78 is 7.63. The monoisotopic (exact) mass is 582 g/mol. The molecule has 12 heteroatoms. The van der Waals surface area contributed by atoms with Crippen molar-refractivity contribution in [2.45, 2.75) is 30.6 Å². The molecule has 0 saturated carbocycles. The molecule has 0 spiro atoms. The highest BCUT2D eigenvalue weighted by molar-refractivity contribution is 8.14. The number of anilines is 1. The lowest BCUT2D eigenvalue weighted by atomic mass is 10.1. The Bertz CT molecular complexity index is 1240. The molecule has 0 aromatic carbocycles. The lowest BCUT2D eigenvalue weighted by Crippen LogP contribution is -2.42. The molecule has 2 unspecified atom stereocenters. The van der Waals surface area contributed by atoms with Gasteiger partial charge in [0.15, 0.2) is 5.17 Å². The Balaban J connectivity index is 0.00000353. The van der Waals surface area contributed by atoms with Crippen LogP contribution in [0.4, 0.5) is 5.95 Å². The third-order valence-electron chi connectivity index (χ3n) is 6.15. The zero-order valence-corrected chi connectivity index (χ0v) is 24.3. The van der Waals surface area contributed by atoms with Gasteiger partial charge in [-0.15, -0.1) is 0 Å². The summed E-state index contributed by atoms with van der Waals surface area (Å²) in [4.78, 5) is 13.3. The SMILES string of the molecule is CN(SONC1CCCNC1)C1=CC=C(Nc2ncc(/C=C/C3=CC4C=C(C=C3)N=C(N)S4)cn2)CC=C1.S. The maximum absolute atomic E-state index is 5.90. The van der Waals surface area contributed by atoms with Gasteiger partial charge < -0.3 is 16.4 Å². The molecule has 2 aliphatic carbocycles. The van der Waals surface area contributed by atoms with Gasteiger partial charge in [-0.3, -0.25) is 4.31 Å². The van der Waals surface area contributed by atoms with E-state index in [2.05, 4.69) is 67.5 Å². The Morgan fingerprint density at radius 3 is 2.87 bits per heavy atom. The van der Waals surface area contributed by atoms with E-state index in [9.17, 15) is 0 Å². The summed E-state index contributed by atoms with van der Waals surface area (Å²) in [6.45, 7) is 2.02. The number of aromatic nitrogens is 2. The van der Waals surface area contributed by atoms with Crippen LogP contribution in [0.15, 0.2) is 94.7 Å². The second-order valence-corrected chi connectivity index (χ2v) is 11.2. The summed E-state index contributed by atoms with van der Waals surface area (Å²) in [5.41, 5.74) is 14.0. The van der Waals surface area contributed by atoms with Crippen molar-refractivity contribution in [3.63, 3.8) is 0 Å². The molecule has 1 aromatic heterocycles. The second kappa shape index (κ2) is 14.6. The quantitative estimate of drug-likeness (QED) is 0.191. The Kier molecular flexibility index (Phi) is 10.9. The summed E-state index contributed by atoms with van der Waals surface area (Å²) in [6.07, 6.45) is 27.3. The van der Waals surface area contributed by atoms with E-state index in [1.165, 1.54) is 18.6 Å². The minimum absolute atomic E-state index is 0. The van der Waals surface area contributed by atoms with Crippen LogP contribution in [0.25, 0.3) is 6.08 Å². The molecule has 3 heterocycles. The molecule has 2 aliphatic heterocycles. The molecule has 0 amide bonds. The number of thioether (sulfide) groups is 1. The molecule has 2 bridgehead atoms. The molecule has 1 aromatic rings. The number of likely N-dealkylation sites (N-methyl/N-ethyl adjacent to an activating group) is 1. The molecule has 39 heavy (non-hydrogen) atoms. The first-order valence-electron chi connectivity index (χ1n) is 12.6. The minimum Gasteiger partial charge on any atom is -0.378 e. The summed E-state index contributed by atoms with van der Waals surface area (Å²) in [5.74, 6) is 0.562. The minimum atomic E-state index is 0. The number of rotatable bonds is 9. The van der Waals surface area contributed by atoms with Crippen molar-refractivity contribution >= 4 is 54.7 Å². The van der Waals surface area contributed by atoms with Crippen LogP contribution in [0.2, 0.25) is 0 Å². The third-order valence-corrected chi connectivity index (χ3v) is 7.64. The van der Waals surface area contributed by atoms with Gasteiger partial charge in [0.1, 0.15) is 12.2 Å². The van der Waals surface area contributed by atoms with E-state index in [1.807, 2.05) is 48.1 Å². The number of aliphatic imine (C=N–C) groups is 1. The zero-order valence-electron chi connectivity index (χ0n) is 21.7. The van der Waals surface area contributed by atoms with Crippen molar-refractivity contribution in [2.75, 3.05) is 25.5 Å². The fourth-order valence-corrected chi connectivity index (χ4v) is 5.50.